The number of alkyl halides is 3. The second-order valence-electron chi connectivity index (χ2n) is 6.23. The van der Waals surface area contributed by atoms with E-state index in [0.29, 0.717) is 0 Å². The predicted octanol–water partition coefficient (Wildman–Crippen LogP) is 3.44. The molecule has 1 atom stereocenters. The van der Waals surface area contributed by atoms with Crippen LogP contribution in [-0.4, -0.2) is 23.8 Å². The van der Waals surface area contributed by atoms with Crippen molar-refractivity contribution in [3.05, 3.63) is 35.4 Å². The van der Waals surface area contributed by atoms with Crippen LogP contribution in [0.15, 0.2) is 24.3 Å². The van der Waals surface area contributed by atoms with Gasteiger partial charge in [-0.3, -0.25) is 5.32 Å². The van der Waals surface area contributed by atoms with Gasteiger partial charge in [0.05, 0.1) is 6.54 Å². The normalized spacial score (nSPS) is 15.6. The van der Waals surface area contributed by atoms with Gasteiger partial charge >= 0.3 is 12.1 Å². The Bertz CT molecular complexity index is 503. The Kier molecular flexibility index (Phi) is 4.73. The van der Waals surface area contributed by atoms with Crippen molar-refractivity contribution in [2.24, 2.45) is 0 Å². The molecular formula is C15H20F3NO2. The first-order valence-corrected chi connectivity index (χ1v) is 6.52. The molecule has 0 aromatic heterocycles. The molecule has 6 heteroatoms. The van der Waals surface area contributed by atoms with E-state index in [1.807, 2.05) is 20.8 Å². The third kappa shape index (κ3) is 4.46. The first-order valence-electron chi connectivity index (χ1n) is 6.52. The Hall–Kier alpha value is -1.56. The van der Waals surface area contributed by atoms with Crippen molar-refractivity contribution >= 4 is 5.97 Å². The Morgan fingerprint density at radius 2 is 1.48 bits per heavy atom. The molecule has 21 heavy (non-hydrogen) atoms. The molecule has 0 fully saturated rings. The Morgan fingerprint density at radius 3 is 1.81 bits per heavy atom. The van der Waals surface area contributed by atoms with E-state index < -0.39 is 24.2 Å². The molecular weight excluding hydrogens is 283 g/mol. The Labute approximate surface area is 122 Å². The topological polar surface area (TPSA) is 49.3 Å². The minimum Gasteiger partial charge on any atom is -0.480 e. The van der Waals surface area contributed by atoms with Crippen LogP contribution in [0.1, 0.15) is 38.8 Å². The number of benzene rings is 1. The van der Waals surface area contributed by atoms with E-state index in [1.165, 1.54) is 6.92 Å². The lowest BCUT2D eigenvalue weighted by molar-refractivity contribution is -0.150. The van der Waals surface area contributed by atoms with Crippen LogP contribution in [0.4, 0.5) is 13.2 Å². The highest BCUT2D eigenvalue weighted by Gasteiger charge is 2.39. The molecule has 2 N–H and O–H groups in total. The fourth-order valence-corrected chi connectivity index (χ4v) is 1.88. The number of hydrogen-bond acceptors (Lipinski definition) is 2. The van der Waals surface area contributed by atoms with E-state index in [0.717, 1.165) is 5.56 Å². The minimum atomic E-state index is -4.47. The molecule has 1 unspecified atom stereocenters. The Balaban J connectivity index is 3.09. The maximum Gasteiger partial charge on any atom is 0.401 e. The Morgan fingerprint density at radius 1 is 1.05 bits per heavy atom. The van der Waals surface area contributed by atoms with Crippen molar-refractivity contribution in [3.63, 3.8) is 0 Å². The molecule has 0 heterocycles. The van der Waals surface area contributed by atoms with Gasteiger partial charge in [-0.15, -0.1) is 0 Å². The number of hydrogen-bond donors (Lipinski definition) is 2. The lowest BCUT2D eigenvalue weighted by Crippen LogP contribution is -2.50. The summed E-state index contributed by atoms with van der Waals surface area (Å²) in [4.78, 5) is 11.4. The largest absolute Gasteiger partial charge is 0.480 e. The number of carbonyl (C=O) groups is 1. The van der Waals surface area contributed by atoms with Crippen molar-refractivity contribution in [1.29, 1.82) is 0 Å². The molecule has 0 amide bonds. The molecule has 3 nitrogen and oxygen atoms in total. The zero-order chi connectivity index (χ0) is 16.5. The van der Waals surface area contributed by atoms with Gasteiger partial charge in [-0.1, -0.05) is 45.0 Å². The zero-order valence-corrected chi connectivity index (χ0v) is 12.5. The molecule has 0 radical (unpaired) electrons. The fraction of sp³-hybridized carbons (Fsp3) is 0.533. The first kappa shape index (κ1) is 17.5. The van der Waals surface area contributed by atoms with Crippen LogP contribution < -0.4 is 5.32 Å². The number of carboxylic acids is 1. The summed E-state index contributed by atoms with van der Waals surface area (Å²) in [6.45, 7) is 5.87. The van der Waals surface area contributed by atoms with Crippen molar-refractivity contribution < 1.29 is 23.1 Å². The highest BCUT2D eigenvalue weighted by molar-refractivity contribution is 5.80. The van der Waals surface area contributed by atoms with E-state index in [-0.39, 0.29) is 11.0 Å². The van der Waals surface area contributed by atoms with E-state index in [4.69, 9.17) is 0 Å². The summed E-state index contributed by atoms with van der Waals surface area (Å²) in [7, 11) is 0. The molecule has 0 saturated carbocycles. The van der Waals surface area contributed by atoms with Crippen LogP contribution in [0.2, 0.25) is 0 Å². The fourth-order valence-electron chi connectivity index (χ4n) is 1.88. The maximum atomic E-state index is 12.3. The number of nitrogens with one attached hydrogen (secondary N) is 1. The van der Waals surface area contributed by atoms with Crippen LogP contribution in [0, 0.1) is 0 Å². The van der Waals surface area contributed by atoms with Crippen molar-refractivity contribution in [2.75, 3.05) is 6.54 Å². The van der Waals surface area contributed by atoms with Gasteiger partial charge in [-0.2, -0.15) is 13.2 Å². The van der Waals surface area contributed by atoms with Gasteiger partial charge in [0.2, 0.25) is 0 Å². The van der Waals surface area contributed by atoms with Gasteiger partial charge in [-0.25, -0.2) is 4.79 Å². The van der Waals surface area contributed by atoms with Crippen LogP contribution in [0.3, 0.4) is 0 Å². The summed E-state index contributed by atoms with van der Waals surface area (Å²) >= 11 is 0. The van der Waals surface area contributed by atoms with Crippen molar-refractivity contribution in [2.45, 2.75) is 44.8 Å². The van der Waals surface area contributed by atoms with Crippen LogP contribution in [-0.2, 0) is 15.7 Å². The van der Waals surface area contributed by atoms with Gasteiger partial charge in [0.15, 0.2) is 0 Å². The van der Waals surface area contributed by atoms with Gasteiger partial charge in [0, 0.05) is 0 Å². The summed E-state index contributed by atoms with van der Waals surface area (Å²) in [5, 5.41) is 11.4. The third-order valence-corrected chi connectivity index (χ3v) is 3.40. The summed E-state index contributed by atoms with van der Waals surface area (Å²) < 4.78 is 37.0. The van der Waals surface area contributed by atoms with Crippen molar-refractivity contribution in [3.8, 4) is 0 Å². The monoisotopic (exact) mass is 303 g/mol. The molecule has 1 rings (SSSR count). The van der Waals surface area contributed by atoms with Gasteiger partial charge < -0.3 is 5.11 Å². The minimum absolute atomic E-state index is 0.114. The van der Waals surface area contributed by atoms with Crippen LogP contribution in [0.25, 0.3) is 0 Å². The maximum absolute atomic E-state index is 12.3. The van der Waals surface area contributed by atoms with Gasteiger partial charge in [-0.05, 0) is 23.5 Å². The third-order valence-electron chi connectivity index (χ3n) is 3.40. The lowest BCUT2D eigenvalue weighted by atomic mass is 9.84. The van der Waals surface area contributed by atoms with E-state index in [1.54, 1.807) is 24.3 Å². The standard InChI is InChI=1S/C15H20F3NO2/c1-13(2,3)10-5-7-11(8-6-10)14(4,12(20)21)19-9-15(16,17)18/h5-8,19H,9H2,1-4H3,(H,20,21). The van der Waals surface area contributed by atoms with E-state index in [2.05, 4.69) is 5.32 Å². The van der Waals surface area contributed by atoms with Gasteiger partial charge in [0.25, 0.3) is 0 Å². The highest BCUT2D eigenvalue weighted by atomic mass is 19.4. The summed E-state index contributed by atoms with van der Waals surface area (Å²) in [6, 6.07) is 6.59. The van der Waals surface area contributed by atoms with Gasteiger partial charge in [0.1, 0.15) is 5.54 Å². The molecule has 0 bridgehead atoms. The number of carboxylic acid groups (broad SMARTS) is 1. The second-order valence-corrected chi connectivity index (χ2v) is 6.23. The first-order chi connectivity index (χ1) is 9.36. The summed E-state index contributed by atoms with van der Waals surface area (Å²) in [5.41, 5.74) is -0.634. The van der Waals surface area contributed by atoms with Crippen LogP contribution >= 0.6 is 0 Å². The zero-order valence-electron chi connectivity index (χ0n) is 12.5. The second kappa shape index (κ2) is 5.67. The molecule has 0 saturated heterocycles. The summed E-state index contributed by atoms with van der Waals surface area (Å²) in [6.07, 6.45) is -4.47. The number of halogens is 3. The molecule has 118 valence electrons. The average Bonchev–Trinajstić information content (AvgIpc) is 2.34. The molecule has 1 aromatic carbocycles. The molecule has 0 spiro atoms. The predicted molar refractivity (Wildman–Crippen MR) is 74.2 cm³/mol. The summed E-state index contributed by atoms with van der Waals surface area (Å²) in [5.74, 6) is -1.35. The van der Waals surface area contributed by atoms with Crippen molar-refractivity contribution in [1.82, 2.24) is 5.32 Å². The van der Waals surface area contributed by atoms with E-state index >= 15 is 0 Å². The lowest BCUT2D eigenvalue weighted by Gasteiger charge is -2.28. The number of rotatable bonds is 4. The average molecular weight is 303 g/mol. The molecule has 0 aliphatic rings. The molecule has 1 aromatic rings. The molecule has 0 aliphatic heterocycles. The SMILES string of the molecule is CC(C)(C)c1ccc(C(C)(NCC(F)(F)F)C(=O)O)cc1. The number of aliphatic carboxylic acids is 1. The van der Waals surface area contributed by atoms with E-state index in [9.17, 15) is 23.1 Å². The smallest absolute Gasteiger partial charge is 0.401 e. The quantitative estimate of drug-likeness (QED) is 0.896. The molecule has 0 aliphatic carbocycles. The van der Waals surface area contributed by atoms with Crippen LogP contribution in [0.5, 0.6) is 0 Å². The highest BCUT2D eigenvalue weighted by Crippen LogP contribution is 2.27.